The predicted molar refractivity (Wildman–Crippen MR) is 66.7 cm³/mol. The van der Waals surface area contributed by atoms with Gasteiger partial charge in [-0.1, -0.05) is 11.6 Å². The van der Waals surface area contributed by atoms with Crippen LogP contribution in [0.3, 0.4) is 0 Å². The molecule has 1 fully saturated rings. The molecule has 2 rings (SSSR count). The van der Waals surface area contributed by atoms with Crippen LogP contribution in [0.25, 0.3) is 0 Å². The van der Waals surface area contributed by atoms with E-state index in [1.165, 1.54) is 24.1 Å². The Bertz CT molecular complexity index is 297. The zero-order valence-electron chi connectivity index (χ0n) is 8.76. The standard InChI is InChI=1S/C11H17ClN2S/c12-11-5-4-10(15-11)8-13-6-1-7-14-9-2-3-9/h4-5,9,13-14H,1-3,6-8H2. The summed E-state index contributed by atoms with van der Waals surface area (Å²) in [5.74, 6) is 0. The Morgan fingerprint density at radius 2 is 2.20 bits per heavy atom. The quantitative estimate of drug-likeness (QED) is 0.721. The van der Waals surface area contributed by atoms with Crippen molar-refractivity contribution in [2.24, 2.45) is 0 Å². The van der Waals surface area contributed by atoms with Crippen LogP contribution < -0.4 is 10.6 Å². The minimum Gasteiger partial charge on any atom is -0.314 e. The second kappa shape index (κ2) is 5.85. The lowest BCUT2D eigenvalue weighted by Gasteiger charge is -2.03. The first-order valence-electron chi connectivity index (χ1n) is 5.53. The largest absolute Gasteiger partial charge is 0.314 e. The third kappa shape index (κ3) is 4.51. The second-order valence-corrected chi connectivity index (χ2v) is 5.76. The summed E-state index contributed by atoms with van der Waals surface area (Å²) in [5.41, 5.74) is 0. The fourth-order valence-electron chi connectivity index (χ4n) is 1.47. The smallest absolute Gasteiger partial charge is 0.0931 e. The van der Waals surface area contributed by atoms with Gasteiger partial charge in [0.1, 0.15) is 0 Å². The molecule has 0 aliphatic heterocycles. The predicted octanol–water partition coefficient (Wildman–Crippen LogP) is 2.63. The van der Waals surface area contributed by atoms with Gasteiger partial charge in [-0.05, 0) is 44.5 Å². The van der Waals surface area contributed by atoms with Crippen molar-refractivity contribution in [3.8, 4) is 0 Å². The van der Waals surface area contributed by atoms with Crippen molar-refractivity contribution in [2.75, 3.05) is 13.1 Å². The normalized spacial score (nSPS) is 15.8. The molecule has 1 heterocycles. The lowest BCUT2D eigenvalue weighted by molar-refractivity contribution is 0.595. The fraction of sp³-hybridized carbons (Fsp3) is 0.636. The van der Waals surface area contributed by atoms with Crippen LogP contribution in [-0.4, -0.2) is 19.1 Å². The molecule has 1 saturated carbocycles. The highest BCUT2D eigenvalue weighted by molar-refractivity contribution is 7.16. The molecular weight excluding hydrogens is 228 g/mol. The first-order chi connectivity index (χ1) is 7.34. The van der Waals surface area contributed by atoms with Gasteiger partial charge in [-0.25, -0.2) is 0 Å². The summed E-state index contributed by atoms with van der Waals surface area (Å²) >= 11 is 7.50. The van der Waals surface area contributed by atoms with E-state index in [9.17, 15) is 0 Å². The van der Waals surface area contributed by atoms with Crippen LogP contribution in [0.15, 0.2) is 12.1 Å². The summed E-state index contributed by atoms with van der Waals surface area (Å²) in [6.07, 6.45) is 3.96. The van der Waals surface area contributed by atoms with E-state index in [0.29, 0.717) is 0 Å². The maximum absolute atomic E-state index is 5.85. The molecule has 84 valence electrons. The van der Waals surface area contributed by atoms with Gasteiger partial charge in [-0.2, -0.15) is 0 Å². The molecule has 0 saturated heterocycles. The first-order valence-corrected chi connectivity index (χ1v) is 6.72. The lowest BCUT2D eigenvalue weighted by atomic mass is 10.4. The average molecular weight is 245 g/mol. The van der Waals surface area contributed by atoms with Crippen LogP contribution in [-0.2, 0) is 6.54 Å². The number of nitrogens with one attached hydrogen (secondary N) is 2. The first kappa shape index (κ1) is 11.4. The highest BCUT2D eigenvalue weighted by Crippen LogP contribution is 2.21. The van der Waals surface area contributed by atoms with Crippen LogP contribution >= 0.6 is 22.9 Å². The Morgan fingerprint density at radius 1 is 1.33 bits per heavy atom. The van der Waals surface area contributed by atoms with E-state index in [4.69, 9.17) is 11.6 Å². The van der Waals surface area contributed by atoms with Crippen molar-refractivity contribution in [3.63, 3.8) is 0 Å². The molecule has 2 nitrogen and oxygen atoms in total. The molecule has 0 unspecified atom stereocenters. The third-order valence-corrected chi connectivity index (χ3v) is 3.70. The van der Waals surface area contributed by atoms with E-state index in [1.54, 1.807) is 11.3 Å². The summed E-state index contributed by atoms with van der Waals surface area (Å²) in [6.45, 7) is 3.17. The number of hydrogen-bond acceptors (Lipinski definition) is 3. The van der Waals surface area contributed by atoms with Gasteiger partial charge in [-0.3, -0.25) is 0 Å². The average Bonchev–Trinajstić information content (AvgIpc) is 2.95. The molecule has 0 aromatic carbocycles. The minimum absolute atomic E-state index is 0.834. The number of halogens is 1. The van der Waals surface area contributed by atoms with Crippen molar-refractivity contribution < 1.29 is 0 Å². The summed E-state index contributed by atoms with van der Waals surface area (Å²) in [5, 5.41) is 6.92. The van der Waals surface area contributed by atoms with E-state index in [2.05, 4.69) is 16.7 Å². The molecule has 0 radical (unpaired) electrons. The van der Waals surface area contributed by atoms with Crippen molar-refractivity contribution in [1.82, 2.24) is 10.6 Å². The Labute approximate surface area is 100 Å². The van der Waals surface area contributed by atoms with E-state index in [1.807, 2.05) is 6.07 Å². The molecule has 0 bridgehead atoms. The van der Waals surface area contributed by atoms with Gasteiger partial charge < -0.3 is 10.6 Å². The Balaban J connectivity index is 1.47. The molecule has 15 heavy (non-hydrogen) atoms. The van der Waals surface area contributed by atoms with Gasteiger partial charge >= 0.3 is 0 Å². The Kier molecular flexibility index (Phi) is 4.44. The molecule has 0 spiro atoms. The number of rotatable bonds is 7. The molecule has 0 atom stereocenters. The Morgan fingerprint density at radius 3 is 2.87 bits per heavy atom. The van der Waals surface area contributed by atoms with Crippen molar-refractivity contribution in [2.45, 2.75) is 31.8 Å². The van der Waals surface area contributed by atoms with Crippen LogP contribution in [0.4, 0.5) is 0 Å². The Hall–Kier alpha value is -0.0900. The minimum atomic E-state index is 0.834. The van der Waals surface area contributed by atoms with Crippen LogP contribution in [0.2, 0.25) is 4.34 Å². The lowest BCUT2D eigenvalue weighted by Crippen LogP contribution is -2.22. The van der Waals surface area contributed by atoms with Crippen molar-refractivity contribution in [1.29, 1.82) is 0 Å². The number of thiophene rings is 1. The fourth-order valence-corrected chi connectivity index (χ4v) is 2.52. The molecular formula is C11H17ClN2S. The number of hydrogen-bond donors (Lipinski definition) is 2. The van der Waals surface area contributed by atoms with Crippen LogP contribution in [0.5, 0.6) is 0 Å². The van der Waals surface area contributed by atoms with Crippen LogP contribution in [0, 0.1) is 0 Å². The van der Waals surface area contributed by atoms with E-state index >= 15 is 0 Å². The molecule has 1 aliphatic rings. The molecule has 2 N–H and O–H groups in total. The van der Waals surface area contributed by atoms with E-state index in [0.717, 1.165) is 30.0 Å². The summed E-state index contributed by atoms with van der Waals surface area (Å²) in [4.78, 5) is 1.31. The van der Waals surface area contributed by atoms with Crippen molar-refractivity contribution >= 4 is 22.9 Å². The van der Waals surface area contributed by atoms with Crippen molar-refractivity contribution in [3.05, 3.63) is 21.3 Å². The topological polar surface area (TPSA) is 24.1 Å². The van der Waals surface area contributed by atoms with Gasteiger partial charge in [0, 0.05) is 17.5 Å². The summed E-state index contributed by atoms with van der Waals surface area (Å²) in [6, 6.07) is 4.88. The molecule has 0 amide bonds. The zero-order valence-corrected chi connectivity index (χ0v) is 10.3. The molecule has 1 aromatic heterocycles. The SMILES string of the molecule is Clc1ccc(CNCCCNC2CC2)s1. The highest BCUT2D eigenvalue weighted by Gasteiger charge is 2.19. The van der Waals surface area contributed by atoms with Gasteiger partial charge in [-0.15, -0.1) is 11.3 Å². The van der Waals surface area contributed by atoms with Gasteiger partial charge in [0.15, 0.2) is 0 Å². The summed E-state index contributed by atoms with van der Waals surface area (Å²) in [7, 11) is 0. The van der Waals surface area contributed by atoms with Gasteiger partial charge in [0.25, 0.3) is 0 Å². The van der Waals surface area contributed by atoms with E-state index < -0.39 is 0 Å². The van der Waals surface area contributed by atoms with Crippen LogP contribution in [0.1, 0.15) is 24.1 Å². The van der Waals surface area contributed by atoms with E-state index in [-0.39, 0.29) is 0 Å². The third-order valence-electron chi connectivity index (χ3n) is 2.47. The van der Waals surface area contributed by atoms with Gasteiger partial charge in [0.2, 0.25) is 0 Å². The molecule has 1 aromatic rings. The molecule has 4 heteroatoms. The maximum Gasteiger partial charge on any atom is 0.0931 e. The second-order valence-electron chi connectivity index (χ2n) is 3.96. The maximum atomic E-state index is 5.85. The monoisotopic (exact) mass is 244 g/mol. The highest BCUT2D eigenvalue weighted by atomic mass is 35.5. The summed E-state index contributed by atoms with van der Waals surface area (Å²) < 4.78 is 0.877. The zero-order chi connectivity index (χ0) is 10.5. The molecule has 1 aliphatic carbocycles. The van der Waals surface area contributed by atoms with Gasteiger partial charge in [0.05, 0.1) is 4.34 Å².